The number of ether oxygens (including phenoxy) is 1. The zero-order valence-electron chi connectivity index (χ0n) is 17.3. The second-order valence-corrected chi connectivity index (χ2v) is 7.22. The molecule has 0 saturated carbocycles. The van der Waals surface area contributed by atoms with Crippen LogP contribution in [0.2, 0.25) is 0 Å². The first-order valence-electron chi connectivity index (χ1n) is 10.4. The maximum Gasteiger partial charge on any atom is 0.321 e. The van der Waals surface area contributed by atoms with Crippen LogP contribution in [0.25, 0.3) is 11.1 Å². The Morgan fingerprint density at radius 2 is 1.53 bits per heavy atom. The van der Waals surface area contributed by atoms with Crippen LogP contribution in [0, 0.1) is 0 Å². The molecule has 4 rings (SSSR count). The fourth-order valence-electron chi connectivity index (χ4n) is 3.80. The van der Waals surface area contributed by atoms with Gasteiger partial charge in [-0.05, 0) is 30.7 Å². The number of piperazine rings is 1. The van der Waals surface area contributed by atoms with Crippen molar-refractivity contribution in [2.75, 3.05) is 43.0 Å². The minimum absolute atomic E-state index is 0.0591. The van der Waals surface area contributed by atoms with Crippen molar-refractivity contribution in [2.45, 2.75) is 6.92 Å². The Morgan fingerprint density at radius 3 is 2.30 bits per heavy atom. The maximum atomic E-state index is 12.9. The molecule has 1 N–H and O–H groups in total. The fourth-order valence-corrected chi connectivity index (χ4v) is 3.80. The number of amides is 2. The summed E-state index contributed by atoms with van der Waals surface area (Å²) < 4.78 is 5.76. The number of anilines is 2. The second-order valence-electron chi connectivity index (χ2n) is 7.22. The third-order valence-electron chi connectivity index (χ3n) is 5.33. The predicted octanol–water partition coefficient (Wildman–Crippen LogP) is 5.11. The van der Waals surface area contributed by atoms with Crippen molar-refractivity contribution in [3.63, 3.8) is 0 Å². The average Bonchev–Trinajstić information content (AvgIpc) is 2.81. The lowest BCUT2D eigenvalue weighted by molar-refractivity contribution is 0.208. The van der Waals surface area contributed by atoms with E-state index in [1.807, 2.05) is 72.5 Å². The van der Waals surface area contributed by atoms with Crippen molar-refractivity contribution in [3.8, 4) is 16.9 Å². The molecule has 5 heteroatoms. The Labute approximate surface area is 177 Å². The van der Waals surface area contributed by atoms with Gasteiger partial charge in [0.15, 0.2) is 0 Å². The molecule has 154 valence electrons. The Kier molecular flexibility index (Phi) is 6.18. The van der Waals surface area contributed by atoms with E-state index in [0.717, 1.165) is 41.3 Å². The van der Waals surface area contributed by atoms with Gasteiger partial charge >= 0.3 is 6.03 Å². The third-order valence-corrected chi connectivity index (χ3v) is 5.33. The van der Waals surface area contributed by atoms with Crippen molar-refractivity contribution in [1.82, 2.24) is 4.90 Å². The molecule has 1 heterocycles. The molecule has 1 aliphatic heterocycles. The summed E-state index contributed by atoms with van der Waals surface area (Å²) in [6.07, 6.45) is 0. The van der Waals surface area contributed by atoms with Crippen LogP contribution in [-0.2, 0) is 0 Å². The molecule has 0 bridgehead atoms. The Morgan fingerprint density at radius 1 is 0.867 bits per heavy atom. The van der Waals surface area contributed by atoms with Crippen molar-refractivity contribution >= 4 is 17.4 Å². The van der Waals surface area contributed by atoms with Crippen molar-refractivity contribution < 1.29 is 9.53 Å². The van der Waals surface area contributed by atoms with Gasteiger partial charge in [0.1, 0.15) is 5.75 Å². The SMILES string of the molecule is CCOc1ccccc1N1CCN(C(=O)Nc2ccccc2-c2ccccc2)CC1. The van der Waals surface area contributed by atoms with E-state index in [-0.39, 0.29) is 6.03 Å². The van der Waals surface area contributed by atoms with Crippen LogP contribution < -0.4 is 15.0 Å². The standard InChI is InChI=1S/C25H27N3O2/c1-2-30-24-15-9-8-14-23(24)27-16-18-28(19-17-27)25(29)26-22-13-7-6-12-21(22)20-10-4-3-5-11-20/h3-15H,2,16-19H2,1H3,(H,26,29). The van der Waals surface area contributed by atoms with E-state index < -0.39 is 0 Å². The Bertz CT molecular complexity index is 982. The van der Waals surface area contributed by atoms with Crippen molar-refractivity contribution in [2.24, 2.45) is 0 Å². The summed E-state index contributed by atoms with van der Waals surface area (Å²) in [4.78, 5) is 17.1. The number of hydrogen-bond donors (Lipinski definition) is 1. The molecule has 5 nitrogen and oxygen atoms in total. The van der Waals surface area contributed by atoms with Crippen LogP contribution in [0.3, 0.4) is 0 Å². The highest BCUT2D eigenvalue weighted by Gasteiger charge is 2.23. The van der Waals surface area contributed by atoms with E-state index in [1.165, 1.54) is 0 Å². The van der Waals surface area contributed by atoms with Gasteiger partial charge in [0.25, 0.3) is 0 Å². The molecular weight excluding hydrogens is 374 g/mol. The molecule has 0 atom stereocenters. The van der Waals surface area contributed by atoms with Gasteiger partial charge in [0.05, 0.1) is 18.0 Å². The number of rotatable bonds is 5. The monoisotopic (exact) mass is 401 g/mol. The largest absolute Gasteiger partial charge is 0.492 e. The minimum atomic E-state index is -0.0591. The first kappa shape index (κ1) is 19.8. The summed E-state index contributed by atoms with van der Waals surface area (Å²) in [6, 6.07) is 26.1. The molecule has 0 aliphatic carbocycles. The zero-order valence-corrected chi connectivity index (χ0v) is 17.3. The van der Waals surface area contributed by atoms with E-state index in [2.05, 4.69) is 28.4 Å². The summed E-state index contributed by atoms with van der Waals surface area (Å²) in [6.45, 7) is 5.52. The van der Waals surface area contributed by atoms with Crippen LogP contribution in [0.5, 0.6) is 5.75 Å². The maximum absolute atomic E-state index is 12.9. The van der Waals surface area contributed by atoms with Crippen molar-refractivity contribution in [1.29, 1.82) is 0 Å². The molecule has 3 aromatic rings. The van der Waals surface area contributed by atoms with Gasteiger partial charge in [0, 0.05) is 31.7 Å². The zero-order chi connectivity index (χ0) is 20.8. The highest BCUT2D eigenvalue weighted by atomic mass is 16.5. The summed E-state index contributed by atoms with van der Waals surface area (Å²) >= 11 is 0. The Balaban J connectivity index is 1.42. The van der Waals surface area contributed by atoms with E-state index in [9.17, 15) is 4.79 Å². The molecule has 0 aromatic heterocycles. The van der Waals surface area contributed by atoms with Gasteiger partial charge in [-0.2, -0.15) is 0 Å². The lowest BCUT2D eigenvalue weighted by Gasteiger charge is -2.36. The predicted molar refractivity (Wildman–Crippen MR) is 122 cm³/mol. The van der Waals surface area contributed by atoms with Gasteiger partial charge in [-0.15, -0.1) is 0 Å². The molecule has 2 amide bonds. The quantitative estimate of drug-likeness (QED) is 0.646. The molecule has 1 fully saturated rings. The summed E-state index contributed by atoms with van der Waals surface area (Å²) in [5.41, 5.74) is 4.04. The van der Waals surface area contributed by atoms with Crippen LogP contribution >= 0.6 is 0 Å². The lowest BCUT2D eigenvalue weighted by atomic mass is 10.0. The minimum Gasteiger partial charge on any atom is -0.492 e. The third kappa shape index (κ3) is 4.40. The van der Waals surface area contributed by atoms with E-state index in [1.54, 1.807) is 0 Å². The highest BCUT2D eigenvalue weighted by Crippen LogP contribution is 2.30. The van der Waals surface area contributed by atoms with Gasteiger partial charge in [-0.1, -0.05) is 60.7 Å². The topological polar surface area (TPSA) is 44.8 Å². The smallest absolute Gasteiger partial charge is 0.321 e. The summed E-state index contributed by atoms with van der Waals surface area (Å²) in [7, 11) is 0. The van der Waals surface area contributed by atoms with Gasteiger partial charge in [-0.3, -0.25) is 0 Å². The number of nitrogens with zero attached hydrogens (tertiary/aromatic N) is 2. The molecule has 1 aliphatic rings. The fraction of sp³-hybridized carbons (Fsp3) is 0.240. The number of hydrogen-bond acceptors (Lipinski definition) is 3. The lowest BCUT2D eigenvalue weighted by Crippen LogP contribution is -2.50. The van der Waals surface area contributed by atoms with Crippen LogP contribution in [0.1, 0.15) is 6.92 Å². The summed E-state index contributed by atoms with van der Waals surface area (Å²) in [5.74, 6) is 0.898. The molecule has 0 radical (unpaired) electrons. The first-order chi connectivity index (χ1) is 14.8. The first-order valence-corrected chi connectivity index (χ1v) is 10.4. The number of carbonyl (C=O) groups excluding carboxylic acids is 1. The Hall–Kier alpha value is -3.47. The van der Waals surface area contributed by atoms with Gasteiger partial charge in [-0.25, -0.2) is 4.79 Å². The number of nitrogens with one attached hydrogen (secondary N) is 1. The van der Waals surface area contributed by atoms with E-state index in [4.69, 9.17) is 4.74 Å². The molecule has 30 heavy (non-hydrogen) atoms. The molecule has 1 saturated heterocycles. The number of benzene rings is 3. The normalized spacial score (nSPS) is 13.8. The van der Waals surface area contributed by atoms with Gasteiger partial charge < -0.3 is 19.9 Å². The second kappa shape index (κ2) is 9.35. The number of para-hydroxylation sites is 3. The van der Waals surface area contributed by atoms with E-state index >= 15 is 0 Å². The number of carbonyl (C=O) groups is 1. The van der Waals surface area contributed by atoms with Crippen LogP contribution in [0.15, 0.2) is 78.9 Å². The van der Waals surface area contributed by atoms with E-state index in [0.29, 0.717) is 19.7 Å². The molecule has 0 spiro atoms. The summed E-state index contributed by atoms with van der Waals surface area (Å²) in [5, 5.41) is 3.11. The average molecular weight is 402 g/mol. The molecule has 0 unspecified atom stereocenters. The number of urea groups is 1. The van der Waals surface area contributed by atoms with Gasteiger partial charge in [0.2, 0.25) is 0 Å². The molecular formula is C25H27N3O2. The molecule has 3 aromatic carbocycles. The van der Waals surface area contributed by atoms with Crippen LogP contribution in [-0.4, -0.2) is 43.7 Å². The van der Waals surface area contributed by atoms with Crippen LogP contribution in [0.4, 0.5) is 16.2 Å². The highest BCUT2D eigenvalue weighted by molar-refractivity contribution is 5.94. The van der Waals surface area contributed by atoms with Crippen molar-refractivity contribution in [3.05, 3.63) is 78.9 Å².